The standard InChI is InChI=1S/C12H16BrNO3S/c1-9-4-5-10(13)7-12(9)14-18(15,16)8-11-3-2-6-17-11/h4-5,7,11,14H,2-3,6,8H2,1H3. The van der Waals surface area contributed by atoms with Crippen molar-refractivity contribution in [3.05, 3.63) is 28.2 Å². The van der Waals surface area contributed by atoms with Gasteiger partial charge in [-0.1, -0.05) is 22.0 Å². The average Bonchev–Trinajstić information content (AvgIpc) is 2.75. The lowest BCUT2D eigenvalue weighted by molar-refractivity contribution is 0.127. The van der Waals surface area contributed by atoms with Crippen LogP contribution >= 0.6 is 15.9 Å². The Kier molecular flexibility index (Phi) is 4.29. The number of halogens is 1. The summed E-state index contributed by atoms with van der Waals surface area (Å²) in [6.45, 7) is 2.53. The number of rotatable bonds is 4. The zero-order chi connectivity index (χ0) is 13.2. The van der Waals surface area contributed by atoms with Crippen molar-refractivity contribution in [1.82, 2.24) is 0 Å². The van der Waals surface area contributed by atoms with Crippen LogP contribution in [0, 0.1) is 6.92 Å². The van der Waals surface area contributed by atoms with Crippen molar-refractivity contribution < 1.29 is 13.2 Å². The normalized spacial score (nSPS) is 20.0. The quantitative estimate of drug-likeness (QED) is 0.921. The first-order chi connectivity index (χ1) is 8.46. The molecule has 0 aliphatic carbocycles. The lowest BCUT2D eigenvalue weighted by Crippen LogP contribution is -2.25. The number of sulfonamides is 1. The van der Waals surface area contributed by atoms with E-state index in [0.717, 1.165) is 22.9 Å². The van der Waals surface area contributed by atoms with E-state index in [0.29, 0.717) is 12.3 Å². The second kappa shape index (κ2) is 5.59. The Morgan fingerprint density at radius 2 is 2.28 bits per heavy atom. The Morgan fingerprint density at radius 3 is 2.94 bits per heavy atom. The summed E-state index contributed by atoms with van der Waals surface area (Å²) in [5, 5.41) is 0. The van der Waals surface area contributed by atoms with Crippen molar-refractivity contribution in [2.24, 2.45) is 0 Å². The highest BCUT2D eigenvalue weighted by atomic mass is 79.9. The highest BCUT2D eigenvalue weighted by molar-refractivity contribution is 9.10. The summed E-state index contributed by atoms with van der Waals surface area (Å²) in [4.78, 5) is 0. The summed E-state index contributed by atoms with van der Waals surface area (Å²) >= 11 is 3.33. The van der Waals surface area contributed by atoms with Crippen molar-refractivity contribution in [2.75, 3.05) is 17.1 Å². The van der Waals surface area contributed by atoms with E-state index >= 15 is 0 Å². The molecule has 4 nitrogen and oxygen atoms in total. The van der Waals surface area contributed by atoms with E-state index in [1.54, 1.807) is 6.07 Å². The molecule has 1 saturated heterocycles. The van der Waals surface area contributed by atoms with Gasteiger partial charge in [-0.05, 0) is 37.5 Å². The molecule has 0 spiro atoms. The molecule has 0 aromatic heterocycles. The van der Waals surface area contributed by atoms with E-state index in [2.05, 4.69) is 20.7 Å². The number of anilines is 1. The van der Waals surface area contributed by atoms with Gasteiger partial charge in [0.05, 0.1) is 17.5 Å². The molecule has 0 radical (unpaired) electrons. The summed E-state index contributed by atoms with van der Waals surface area (Å²) in [6, 6.07) is 5.52. The van der Waals surface area contributed by atoms with Gasteiger partial charge >= 0.3 is 0 Å². The summed E-state index contributed by atoms with van der Waals surface area (Å²) < 4.78 is 32.8. The minimum absolute atomic E-state index is 0.0267. The van der Waals surface area contributed by atoms with Gasteiger partial charge in [0.25, 0.3) is 0 Å². The van der Waals surface area contributed by atoms with Crippen LogP contribution in [0.15, 0.2) is 22.7 Å². The van der Waals surface area contributed by atoms with E-state index < -0.39 is 10.0 Å². The second-order valence-corrected chi connectivity index (χ2v) is 7.16. The molecule has 18 heavy (non-hydrogen) atoms. The van der Waals surface area contributed by atoms with E-state index in [1.807, 2.05) is 19.1 Å². The second-order valence-electron chi connectivity index (χ2n) is 4.48. The third-order valence-electron chi connectivity index (χ3n) is 2.89. The highest BCUT2D eigenvalue weighted by Gasteiger charge is 2.23. The maximum Gasteiger partial charge on any atom is 0.235 e. The largest absolute Gasteiger partial charge is 0.377 e. The van der Waals surface area contributed by atoms with Crippen molar-refractivity contribution in [2.45, 2.75) is 25.9 Å². The maximum absolute atomic E-state index is 12.0. The van der Waals surface area contributed by atoms with Gasteiger partial charge in [-0.15, -0.1) is 0 Å². The topological polar surface area (TPSA) is 55.4 Å². The van der Waals surface area contributed by atoms with Crippen LogP contribution < -0.4 is 4.72 Å². The summed E-state index contributed by atoms with van der Waals surface area (Å²) in [5.41, 5.74) is 1.51. The minimum Gasteiger partial charge on any atom is -0.377 e. The molecule has 1 N–H and O–H groups in total. The molecule has 2 rings (SSSR count). The fourth-order valence-electron chi connectivity index (χ4n) is 1.93. The molecule has 0 saturated carbocycles. The number of aryl methyl sites for hydroxylation is 1. The molecule has 1 aliphatic rings. The van der Waals surface area contributed by atoms with E-state index in [9.17, 15) is 8.42 Å². The highest BCUT2D eigenvalue weighted by Crippen LogP contribution is 2.22. The van der Waals surface area contributed by atoms with Crippen molar-refractivity contribution >= 4 is 31.6 Å². The summed E-state index contributed by atoms with van der Waals surface area (Å²) in [6.07, 6.45) is 1.59. The molecule has 1 aromatic carbocycles. The predicted octanol–water partition coefficient (Wildman–Crippen LogP) is 2.68. The van der Waals surface area contributed by atoms with Crippen molar-refractivity contribution in [3.63, 3.8) is 0 Å². The molecule has 1 heterocycles. The van der Waals surface area contributed by atoms with Crippen LogP contribution in [-0.4, -0.2) is 26.9 Å². The SMILES string of the molecule is Cc1ccc(Br)cc1NS(=O)(=O)CC1CCCO1. The number of nitrogens with one attached hydrogen (secondary N) is 1. The first-order valence-electron chi connectivity index (χ1n) is 5.84. The lowest BCUT2D eigenvalue weighted by atomic mass is 10.2. The molecular formula is C12H16BrNO3S. The van der Waals surface area contributed by atoms with Crippen LogP contribution in [0.2, 0.25) is 0 Å². The Hall–Kier alpha value is -0.590. The Balaban J connectivity index is 2.09. The molecule has 1 unspecified atom stereocenters. The van der Waals surface area contributed by atoms with Crippen molar-refractivity contribution in [3.8, 4) is 0 Å². The van der Waals surface area contributed by atoms with Gasteiger partial charge in [0.1, 0.15) is 0 Å². The third-order valence-corrected chi connectivity index (χ3v) is 4.73. The molecule has 0 bridgehead atoms. The smallest absolute Gasteiger partial charge is 0.235 e. The molecule has 1 atom stereocenters. The third kappa shape index (κ3) is 3.70. The van der Waals surface area contributed by atoms with E-state index in [4.69, 9.17) is 4.74 Å². The van der Waals surface area contributed by atoms with Gasteiger partial charge in [0, 0.05) is 11.1 Å². The van der Waals surface area contributed by atoms with Crippen LogP contribution in [0.4, 0.5) is 5.69 Å². The Morgan fingerprint density at radius 1 is 1.50 bits per heavy atom. The van der Waals surface area contributed by atoms with Gasteiger partial charge in [-0.2, -0.15) is 0 Å². The van der Waals surface area contributed by atoms with Gasteiger partial charge in [0.2, 0.25) is 10.0 Å². The number of hydrogen-bond acceptors (Lipinski definition) is 3. The molecule has 0 amide bonds. The molecule has 100 valence electrons. The van der Waals surface area contributed by atoms with Crippen LogP contribution in [-0.2, 0) is 14.8 Å². The first kappa shape index (κ1) is 13.8. The number of ether oxygens (including phenoxy) is 1. The van der Waals surface area contributed by atoms with Gasteiger partial charge in [0.15, 0.2) is 0 Å². The van der Waals surface area contributed by atoms with E-state index in [-0.39, 0.29) is 11.9 Å². The zero-order valence-corrected chi connectivity index (χ0v) is 12.6. The van der Waals surface area contributed by atoms with Crippen LogP contribution in [0.1, 0.15) is 18.4 Å². The van der Waals surface area contributed by atoms with Crippen molar-refractivity contribution in [1.29, 1.82) is 0 Å². The monoisotopic (exact) mass is 333 g/mol. The first-order valence-corrected chi connectivity index (χ1v) is 8.29. The maximum atomic E-state index is 12.0. The lowest BCUT2D eigenvalue weighted by Gasteiger charge is -2.13. The summed E-state index contributed by atoms with van der Waals surface area (Å²) in [5.74, 6) is 0.0267. The fourth-order valence-corrected chi connectivity index (χ4v) is 3.69. The fraction of sp³-hybridized carbons (Fsp3) is 0.500. The van der Waals surface area contributed by atoms with Crippen LogP contribution in [0.5, 0.6) is 0 Å². The molecular weight excluding hydrogens is 318 g/mol. The Labute approximate surface area is 116 Å². The average molecular weight is 334 g/mol. The van der Waals surface area contributed by atoms with Gasteiger partial charge < -0.3 is 4.74 Å². The Bertz CT molecular complexity index is 524. The summed E-state index contributed by atoms with van der Waals surface area (Å²) in [7, 11) is -3.35. The van der Waals surface area contributed by atoms with E-state index in [1.165, 1.54) is 0 Å². The minimum atomic E-state index is -3.35. The number of hydrogen-bond donors (Lipinski definition) is 1. The van der Waals surface area contributed by atoms with Gasteiger partial charge in [-0.3, -0.25) is 4.72 Å². The van der Waals surface area contributed by atoms with Gasteiger partial charge in [-0.25, -0.2) is 8.42 Å². The molecule has 1 aromatic rings. The zero-order valence-electron chi connectivity index (χ0n) is 10.1. The van der Waals surface area contributed by atoms with Crippen LogP contribution in [0.25, 0.3) is 0 Å². The van der Waals surface area contributed by atoms with Crippen LogP contribution in [0.3, 0.4) is 0 Å². The molecule has 1 aliphatic heterocycles. The molecule has 1 fully saturated rings. The number of benzene rings is 1. The predicted molar refractivity (Wildman–Crippen MR) is 75.3 cm³/mol. The molecule has 6 heteroatoms.